The maximum absolute atomic E-state index is 12.6. The number of aromatic nitrogens is 1. The van der Waals surface area contributed by atoms with Crippen molar-refractivity contribution in [1.82, 2.24) is 10.3 Å². The van der Waals surface area contributed by atoms with Crippen molar-refractivity contribution in [3.63, 3.8) is 0 Å². The summed E-state index contributed by atoms with van der Waals surface area (Å²) < 4.78 is 1.11. The normalized spacial score (nSPS) is 10.7. The molecule has 0 fully saturated rings. The van der Waals surface area contributed by atoms with Crippen molar-refractivity contribution in [2.24, 2.45) is 0 Å². The number of carbonyl (C=O) groups is 1. The first-order valence-electron chi connectivity index (χ1n) is 9.67. The average molecular weight is 463 g/mol. The van der Waals surface area contributed by atoms with Crippen molar-refractivity contribution in [2.45, 2.75) is 13.8 Å². The molecule has 3 aromatic carbocycles. The molecule has 4 aromatic rings. The predicted molar refractivity (Wildman–Crippen MR) is 131 cm³/mol. The molecular weight excluding hydrogens is 444 g/mol. The van der Waals surface area contributed by atoms with Crippen molar-refractivity contribution in [3.05, 3.63) is 87.5 Å². The Morgan fingerprint density at radius 1 is 1.03 bits per heavy atom. The van der Waals surface area contributed by atoms with E-state index in [1.54, 1.807) is 11.3 Å². The van der Waals surface area contributed by atoms with Gasteiger partial charge >= 0.3 is 0 Å². The summed E-state index contributed by atoms with van der Waals surface area (Å²) in [7, 11) is 0. The number of benzene rings is 3. The summed E-state index contributed by atoms with van der Waals surface area (Å²) in [6.07, 6.45) is 0. The fourth-order valence-corrected chi connectivity index (χ4v) is 4.63. The molecule has 1 amide bonds. The Labute approximate surface area is 193 Å². The van der Waals surface area contributed by atoms with Gasteiger partial charge in [0.2, 0.25) is 0 Å². The quantitative estimate of drug-likeness (QED) is 0.232. The van der Waals surface area contributed by atoms with E-state index in [0.717, 1.165) is 32.0 Å². The van der Waals surface area contributed by atoms with E-state index in [0.29, 0.717) is 0 Å². The highest BCUT2D eigenvalue weighted by Gasteiger charge is 2.19. The van der Waals surface area contributed by atoms with E-state index in [-0.39, 0.29) is 21.9 Å². The van der Waals surface area contributed by atoms with Gasteiger partial charge in [0.1, 0.15) is 5.01 Å². The number of nitro groups is 1. The number of hydrogen-bond acceptors (Lipinski definition) is 6. The molecular formula is C23H18N4O3S2. The van der Waals surface area contributed by atoms with E-state index >= 15 is 0 Å². The van der Waals surface area contributed by atoms with Crippen LogP contribution in [0.3, 0.4) is 0 Å². The Morgan fingerprint density at radius 3 is 2.53 bits per heavy atom. The summed E-state index contributed by atoms with van der Waals surface area (Å²) >= 11 is 6.93. The minimum absolute atomic E-state index is 0.102. The van der Waals surface area contributed by atoms with Crippen LogP contribution < -0.4 is 10.6 Å². The van der Waals surface area contributed by atoms with Crippen LogP contribution in [-0.4, -0.2) is 20.9 Å². The lowest BCUT2D eigenvalue weighted by Crippen LogP contribution is -2.34. The number of nitro benzene ring substituents is 1. The van der Waals surface area contributed by atoms with Gasteiger partial charge in [-0.1, -0.05) is 30.3 Å². The number of thiocarbonyl (C=S) groups is 1. The molecule has 0 unspecified atom stereocenters. The number of nitrogens with one attached hydrogen (secondary N) is 2. The standard InChI is InChI=1S/C23H18N4O3S2/c1-13-16(22-24-18-9-3-4-12-20(18)32-22)8-5-10-17(13)25-23(31)26-21(28)15-7-6-11-19(14(15)2)27(29)30/h3-12H,1-2H3,(H2,25,26,28,31). The number of nitrogens with zero attached hydrogens (tertiary/aromatic N) is 2. The summed E-state index contributed by atoms with van der Waals surface area (Å²) in [5, 5.41) is 17.8. The second kappa shape index (κ2) is 8.81. The molecule has 0 saturated carbocycles. The number of anilines is 1. The molecule has 1 heterocycles. The lowest BCUT2D eigenvalue weighted by Gasteiger charge is -2.14. The smallest absolute Gasteiger partial charge is 0.273 e. The predicted octanol–water partition coefficient (Wildman–Crippen LogP) is 5.62. The van der Waals surface area contributed by atoms with Crippen LogP contribution in [0.15, 0.2) is 60.7 Å². The zero-order valence-corrected chi connectivity index (χ0v) is 18.8. The van der Waals surface area contributed by atoms with Crippen LogP contribution in [-0.2, 0) is 0 Å². The van der Waals surface area contributed by atoms with Crippen molar-refractivity contribution in [2.75, 3.05) is 5.32 Å². The van der Waals surface area contributed by atoms with E-state index in [4.69, 9.17) is 17.2 Å². The lowest BCUT2D eigenvalue weighted by atomic mass is 10.1. The number of carbonyl (C=O) groups excluding carboxylic acids is 1. The number of rotatable bonds is 4. The Kier molecular flexibility index (Phi) is 5.93. The van der Waals surface area contributed by atoms with Gasteiger partial charge in [0.05, 0.1) is 15.1 Å². The molecule has 2 N–H and O–H groups in total. The van der Waals surface area contributed by atoms with E-state index in [2.05, 4.69) is 10.6 Å². The zero-order valence-electron chi connectivity index (χ0n) is 17.2. The monoisotopic (exact) mass is 462 g/mol. The fraction of sp³-hybridized carbons (Fsp3) is 0.0870. The van der Waals surface area contributed by atoms with Crippen molar-refractivity contribution in [3.8, 4) is 10.6 Å². The Morgan fingerprint density at radius 2 is 1.78 bits per heavy atom. The van der Waals surface area contributed by atoms with E-state index in [1.807, 2.05) is 49.4 Å². The highest BCUT2D eigenvalue weighted by atomic mass is 32.1. The SMILES string of the molecule is Cc1c(NC(=S)NC(=O)c2cccc([N+](=O)[O-])c2C)cccc1-c1nc2ccccc2s1. The topological polar surface area (TPSA) is 97.2 Å². The second-order valence-electron chi connectivity index (χ2n) is 7.08. The van der Waals surface area contributed by atoms with Crippen molar-refractivity contribution < 1.29 is 9.72 Å². The van der Waals surface area contributed by atoms with Crippen LogP contribution in [0.2, 0.25) is 0 Å². The third kappa shape index (κ3) is 4.20. The minimum atomic E-state index is -0.514. The minimum Gasteiger partial charge on any atom is -0.332 e. The first kappa shape index (κ1) is 21.5. The number of fused-ring (bicyclic) bond motifs is 1. The molecule has 7 nitrogen and oxygen atoms in total. The molecule has 160 valence electrons. The van der Waals surface area contributed by atoms with Crippen LogP contribution in [0.1, 0.15) is 21.5 Å². The van der Waals surface area contributed by atoms with E-state index in [9.17, 15) is 14.9 Å². The molecule has 0 aliphatic rings. The van der Waals surface area contributed by atoms with Crippen molar-refractivity contribution >= 4 is 56.2 Å². The highest BCUT2D eigenvalue weighted by molar-refractivity contribution is 7.80. The molecule has 0 saturated heterocycles. The first-order chi connectivity index (χ1) is 15.3. The Bertz CT molecular complexity index is 1350. The molecule has 0 radical (unpaired) electrons. The highest BCUT2D eigenvalue weighted by Crippen LogP contribution is 2.34. The average Bonchev–Trinajstić information content (AvgIpc) is 3.19. The maximum atomic E-state index is 12.6. The number of para-hydroxylation sites is 1. The van der Waals surface area contributed by atoms with Crippen LogP contribution in [0.25, 0.3) is 20.8 Å². The summed E-state index contributed by atoms with van der Waals surface area (Å²) in [5.41, 5.74) is 3.96. The van der Waals surface area contributed by atoms with Gasteiger partial charge < -0.3 is 5.32 Å². The van der Waals surface area contributed by atoms with Gasteiger partial charge in [0.25, 0.3) is 11.6 Å². The lowest BCUT2D eigenvalue weighted by molar-refractivity contribution is -0.385. The third-order valence-electron chi connectivity index (χ3n) is 5.08. The number of thiazole rings is 1. The molecule has 0 atom stereocenters. The molecule has 9 heteroatoms. The van der Waals surface area contributed by atoms with Gasteiger partial charge in [0.15, 0.2) is 5.11 Å². The molecule has 0 spiro atoms. The molecule has 0 aliphatic heterocycles. The van der Waals surface area contributed by atoms with Gasteiger partial charge in [-0.15, -0.1) is 11.3 Å². The molecule has 4 rings (SSSR count). The van der Waals surface area contributed by atoms with Gasteiger partial charge in [-0.2, -0.15) is 0 Å². The fourth-order valence-electron chi connectivity index (χ4n) is 3.38. The molecule has 0 aliphatic carbocycles. The van der Waals surface area contributed by atoms with Gasteiger partial charge in [-0.05, 0) is 55.9 Å². The second-order valence-corrected chi connectivity index (χ2v) is 8.52. The summed E-state index contributed by atoms with van der Waals surface area (Å²) in [6, 6.07) is 18.1. The van der Waals surface area contributed by atoms with Gasteiger partial charge in [-0.25, -0.2) is 4.98 Å². The number of amides is 1. The van der Waals surface area contributed by atoms with Crippen LogP contribution in [0.5, 0.6) is 0 Å². The van der Waals surface area contributed by atoms with E-state index < -0.39 is 10.8 Å². The van der Waals surface area contributed by atoms with Gasteiger partial charge in [0, 0.05) is 28.4 Å². The van der Waals surface area contributed by atoms with Crippen LogP contribution in [0, 0.1) is 24.0 Å². The van der Waals surface area contributed by atoms with Crippen LogP contribution in [0.4, 0.5) is 11.4 Å². The number of hydrogen-bond donors (Lipinski definition) is 2. The van der Waals surface area contributed by atoms with E-state index in [1.165, 1.54) is 25.1 Å². The summed E-state index contributed by atoms with van der Waals surface area (Å²) in [4.78, 5) is 28.0. The molecule has 0 bridgehead atoms. The van der Waals surface area contributed by atoms with Gasteiger partial charge in [-0.3, -0.25) is 20.2 Å². The first-order valence-corrected chi connectivity index (χ1v) is 10.9. The third-order valence-corrected chi connectivity index (χ3v) is 6.35. The van der Waals surface area contributed by atoms with Crippen LogP contribution >= 0.6 is 23.6 Å². The van der Waals surface area contributed by atoms with Crippen molar-refractivity contribution in [1.29, 1.82) is 0 Å². The Hall–Kier alpha value is -3.69. The summed E-state index contributed by atoms with van der Waals surface area (Å²) in [6.45, 7) is 3.49. The summed E-state index contributed by atoms with van der Waals surface area (Å²) in [5.74, 6) is -0.510. The largest absolute Gasteiger partial charge is 0.332 e. The maximum Gasteiger partial charge on any atom is 0.273 e. The Balaban J connectivity index is 1.54. The zero-order chi connectivity index (χ0) is 22.8. The molecule has 1 aromatic heterocycles. The molecule has 32 heavy (non-hydrogen) atoms.